The number of benzene rings is 3. The van der Waals surface area contributed by atoms with Crippen LogP contribution in [0.4, 0.5) is 5.69 Å². The second-order valence-corrected chi connectivity index (χ2v) is 11.2. The lowest BCUT2D eigenvalue weighted by molar-refractivity contribution is -0.134. The van der Waals surface area contributed by atoms with Crippen LogP contribution in [0.3, 0.4) is 0 Å². The molecule has 1 saturated heterocycles. The molecule has 2 amide bonds. The van der Waals surface area contributed by atoms with Crippen LogP contribution in [-0.4, -0.2) is 57.3 Å². The van der Waals surface area contributed by atoms with Gasteiger partial charge < -0.3 is 9.64 Å². The molecule has 3 aromatic carbocycles. The van der Waals surface area contributed by atoms with Crippen LogP contribution < -0.4 is 14.5 Å². The predicted molar refractivity (Wildman–Crippen MR) is 151 cm³/mol. The summed E-state index contributed by atoms with van der Waals surface area (Å²) >= 11 is 0. The standard InChI is InChI=1S/C29H32N4O5S/c1-39(36,37)33(26-8-4-2-5-9-26)21-24-10-14-25(15-11-24)29(35)31-30-20-23-12-16-27(17-13-23)38-22-28(34)32-18-6-3-7-19-32/h2,4-5,8-17,20H,3,6-7,18-19,21-22H2,1H3,(H,31,35)/b30-20-. The minimum absolute atomic E-state index is 0.00000137. The smallest absolute Gasteiger partial charge is 0.271 e. The lowest BCUT2D eigenvalue weighted by atomic mass is 10.1. The molecular weight excluding hydrogens is 516 g/mol. The van der Waals surface area contributed by atoms with E-state index >= 15 is 0 Å². The molecule has 0 saturated carbocycles. The van der Waals surface area contributed by atoms with Crippen LogP contribution in [0.2, 0.25) is 0 Å². The molecule has 1 heterocycles. The number of hydrogen-bond donors (Lipinski definition) is 1. The highest BCUT2D eigenvalue weighted by Crippen LogP contribution is 2.20. The van der Waals surface area contributed by atoms with E-state index in [2.05, 4.69) is 10.5 Å². The highest BCUT2D eigenvalue weighted by Gasteiger charge is 2.18. The second kappa shape index (κ2) is 13.1. The molecule has 0 spiro atoms. The summed E-state index contributed by atoms with van der Waals surface area (Å²) in [5.41, 5.74) is 4.95. The molecule has 0 atom stereocenters. The first-order chi connectivity index (χ1) is 18.8. The normalized spacial score (nSPS) is 13.7. The third kappa shape index (κ3) is 8.15. The van der Waals surface area contributed by atoms with E-state index in [9.17, 15) is 18.0 Å². The average Bonchev–Trinajstić information content (AvgIpc) is 2.96. The van der Waals surface area contributed by atoms with Gasteiger partial charge in [0.15, 0.2) is 6.61 Å². The van der Waals surface area contributed by atoms with Gasteiger partial charge in [0.1, 0.15) is 5.75 Å². The maximum atomic E-state index is 12.5. The lowest BCUT2D eigenvalue weighted by Crippen LogP contribution is -2.38. The van der Waals surface area contributed by atoms with E-state index in [0.717, 1.165) is 43.3 Å². The van der Waals surface area contributed by atoms with Gasteiger partial charge in [-0.2, -0.15) is 5.10 Å². The quantitative estimate of drug-likeness (QED) is 0.306. The summed E-state index contributed by atoms with van der Waals surface area (Å²) in [6, 6.07) is 22.6. The zero-order valence-corrected chi connectivity index (χ0v) is 22.6. The van der Waals surface area contributed by atoms with Crippen molar-refractivity contribution < 1.29 is 22.7 Å². The molecule has 0 bridgehead atoms. The number of hydrazone groups is 1. The van der Waals surface area contributed by atoms with Gasteiger partial charge in [-0.1, -0.05) is 30.3 Å². The maximum Gasteiger partial charge on any atom is 0.271 e. The topological polar surface area (TPSA) is 108 Å². The van der Waals surface area contributed by atoms with Gasteiger partial charge >= 0.3 is 0 Å². The lowest BCUT2D eigenvalue weighted by Gasteiger charge is -2.26. The summed E-state index contributed by atoms with van der Waals surface area (Å²) < 4.78 is 31.5. The summed E-state index contributed by atoms with van der Waals surface area (Å²) in [4.78, 5) is 26.6. The summed E-state index contributed by atoms with van der Waals surface area (Å²) in [7, 11) is -3.49. The number of carbonyl (C=O) groups excluding carboxylic acids is 2. The molecule has 1 N–H and O–H groups in total. The number of rotatable bonds is 10. The average molecular weight is 549 g/mol. The number of sulfonamides is 1. The first kappa shape index (κ1) is 27.8. The third-order valence-electron chi connectivity index (χ3n) is 6.32. The van der Waals surface area contributed by atoms with E-state index < -0.39 is 15.9 Å². The Hall–Kier alpha value is -4.18. The van der Waals surface area contributed by atoms with Gasteiger partial charge in [0.2, 0.25) is 10.0 Å². The van der Waals surface area contributed by atoms with Crippen LogP contribution in [0.25, 0.3) is 0 Å². The number of nitrogens with zero attached hydrogens (tertiary/aromatic N) is 3. The van der Waals surface area contributed by atoms with Gasteiger partial charge in [0, 0.05) is 18.7 Å². The fourth-order valence-corrected chi connectivity index (χ4v) is 5.07. The van der Waals surface area contributed by atoms with E-state index in [1.807, 2.05) is 11.0 Å². The number of nitrogens with one attached hydrogen (secondary N) is 1. The van der Waals surface area contributed by atoms with Crippen LogP contribution >= 0.6 is 0 Å². The van der Waals surface area contributed by atoms with Crippen molar-refractivity contribution in [1.29, 1.82) is 0 Å². The summed E-state index contributed by atoms with van der Waals surface area (Å²) in [6.07, 6.45) is 5.93. The van der Waals surface area contributed by atoms with E-state index in [1.165, 1.54) is 16.9 Å². The van der Waals surface area contributed by atoms with Crippen molar-refractivity contribution in [3.63, 3.8) is 0 Å². The number of piperidine rings is 1. The summed E-state index contributed by atoms with van der Waals surface area (Å²) in [6.45, 7) is 1.75. The maximum absolute atomic E-state index is 12.5. The fraction of sp³-hybridized carbons (Fsp3) is 0.276. The zero-order chi connectivity index (χ0) is 27.7. The molecule has 39 heavy (non-hydrogen) atoms. The van der Waals surface area contributed by atoms with Crippen LogP contribution in [0.15, 0.2) is 84.0 Å². The van der Waals surface area contributed by atoms with E-state index in [0.29, 0.717) is 17.0 Å². The molecule has 3 aromatic rings. The van der Waals surface area contributed by atoms with Gasteiger partial charge in [0.05, 0.1) is 24.7 Å². The van der Waals surface area contributed by atoms with Gasteiger partial charge in [0.25, 0.3) is 11.8 Å². The fourth-order valence-electron chi connectivity index (χ4n) is 4.18. The van der Waals surface area contributed by atoms with Crippen molar-refractivity contribution in [3.8, 4) is 5.75 Å². The summed E-state index contributed by atoms with van der Waals surface area (Å²) in [5.74, 6) is 0.195. The van der Waals surface area contributed by atoms with Crippen molar-refractivity contribution in [2.24, 2.45) is 5.10 Å². The first-order valence-corrected chi connectivity index (χ1v) is 14.6. The first-order valence-electron chi connectivity index (χ1n) is 12.8. The molecule has 0 radical (unpaired) electrons. The van der Waals surface area contributed by atoms with Crippen LogP contribution in [0.5, 0.6) is 5.75 Å². The molecule has 0 unspecified atom stereocenters. The molecule has 204 valence electrons. The molecule has 9 nitrogen and oxygen atoms in total. The third-order valence-corrected chi connectivity index (χ3v) is 7.46. The zero-order valence-electron chi connectivity index (χ0n) is 21.8. The van der Waals surface area contributed by atoms with E-state index in [-0.39, 0.29) is 19.1 Å². The van der Waals surface area contributed by atoms with Crippen molar-refractivity contribution in [2.75, 3.05) is 30.3 Å². The highest BCUT2D eigenvalue weighted by molar-refractivity contribution is 7.92. The van der Waals surface area contributed by atoms with Gasteiger partial charge in [-0.25, -0.2) is 13.8 Å². The molecule has 1 aliphatic heterocycles. The van der Waals surface area contributed by atoms with E-state index in [1.54, 1.807) is 72.8 Å². The molecule has 1 aliphatic rings. The number of anilines is 1. The Morgan fingerprint density at radius 2 is 1.62 bits per heavy atom. The van der Waals surface area contributed by atoms with Gasteiger partial charge in [-0.05, 0) is 78.9 Å². The van der Waals surface area contributed by atoms with Crippen molar-refractivity contribution >= 4 is 33.7 Å². The van der Waals surface area contributed by atoms with Crippen molar-refractivity contribution in [1.82, 2.24) is 10.3 Å². The Kier molecular flexibility index (Phi) is 9.32. The summed E-state index contributed by atoms with van der Waals surface area (Å²) in [5, 5.41) is 4.01. The van der Waals surface area contributed by atoms with Crippen LogP contribution in [0.1, 0.15) is 40.7 Å². The minimum atomic E-state index is -3.49. The SMILES string of the molecule is CS(=O)(=O)N(Cc1ccc(C(=O)N/N=C\c2ccc(OCC(=O)N3CCCCC3)cc2)cc1)c1ccccc1. The Balaban J connectivity index is 1.27. The van der Waals surface area contributed by atoms with Crippen molar-refractivity contribution in [2.45, 2.75) is 25.8 Å². The Morgan fingerprint density at radius 1 is 0.949 bits per heavy atom. The molecule has 1 fully saturated rings. The molecule has 10 heteroatoms. The van der Waals surface area contributed by atoms with E-state index in [4.69, 9.17) is 4.74 Å². The number of hydrogen-bond acceptors (Lipinski definition) is 6. The number of para-hydroxylation sites is 1. The van der Waals surface area contributed by atoms with Crippen molar-refractivity contribution in [3.05, 3.63) is 95.6 Å². The number of carbonyl (C=O) groups is 2. The number of amides is 2. The van der Waals surface area contributed by atoms with Crippen LogP contribution in [-0.2, 0) is 21.4 Å². The monoisotopic (exact) mass is 548 g/mol. The largest absolute Gasteiger partial charge is 0.484 e. The molecular formula is C29H32N4O5S. The van der Waals surface area contributed by atoms with Gasteiger partial charge in [-0.15, -0.1) is 0 Å². The number of ether oxygens (including phenoxy) is 1. The number of likely N-dealkylation sites (tertiary alicyclic amines) is 1. The predicted octanol–water partition coefficient (Wildman–Crippen LogP) is 3.81. The molecule has 0 aromatic heterocycles. The Morgan fingerprint density at radius 3 is 2.26 bits per heavy atom. The Labute approximate surface area is 229 Å². The highest BCUT2D eigenvalue weighted by atomic mass is 32.2. The van der Waals surface area contributed by atoms with Gasteiger partial charge in [-0.3, -0.25) is 13.9 Å². The minimum Gasteiger partial charge on any atom is -0.484 e. The second-order valence-electron chi connectivity index (χ2n) is 9.30. The van der Waals surface area contributed by atoms with Crippen LogP contribution in [0, 0.1) is 0 Å². The Bertz CT molecular complexity index is 1390. The molecule has 4 rings (SSSR count). The molecule has 0 aliphatic carbocycles.